The van der Waals surface area contributed by atoms with Gasteiger partial charge in [0, 0.05) is 0 Å². The lowest BCUT2D eigenvalue weighted by molar-refractivity contribution is 0.444. The maximum absolute atomic E-state index is 12.4. The first kappa shape index (κ1) is 13.6. The molecule has 108 valence electrons. The molecular formula is C16H17N3O2. The van der Waals surface area contributed by atoms with Crippen molar-refractivity contribution in [2.45, 2.75) is 20.0 Å². The number of benzene rings is 1. The molecule has 0 spiro atoms. The van der Waals surface area contributed by atoms with Crippen LogP contribution in [0.4, 0.5) is 0 Å². The van der Waals surface area contributed by atoms with Gasteiger partial charge in [-0.3, -0.25) is 9.36 Å². The van der Waals surface area contributed by atoms with E-state index in [1.165, 1.54) is 0 Å². The molecule has 0 radical (unpaired) electrons. The number of nitrogens with zero attached hydrogens (tertiary/aromatic N) is 2. The van der Waals surface area contributed by atoms with Gasteiger partial charge in [-0.15, -0.1) is 0 Å². The van der Waals surface area contributed by atoms with Crippen molar-refractivity contribution in [1.82, 2.24) is 14.9 Å². The lowest BCUT2D eigenvalue weighted by atomic mass is 10.2. The van der Waals surface area contributed by atoms with Gasteiger partial charge in [-0.25, -0.2) is 4.98 Å². The Balaban J connectivity index is 2.06. The monoisotopic (exact) mass is 283 g/mol. The topological polar surface area (TPSA) is 60.1 Å². The molecule has 0 saturated carbocycles. The predicted molar refractivity (Wildman–Crippen MR) is 81.3 cm³/mol. The molecule has 0 aliphatic heterocycles. The minimum Gasteiger partial charge on any atom is -0.463 e. The molecule has 0 bridgehead atoms. The summed E-state index contributed by atoms with van der Waals surface area (Å²) in [6, 6.07) is 11.5. The minimum absolute atomic E-state index is 0.0831. The van der Waals surface area contributed by atoms with Crippen LogP contribution in [0.2, 0.25) is 0 Å². The molecule has 3 rings (SSSR count). The molecule has 5 nitrogen and oxygen atoms in total. The Kier molecular flexibility index (Phi) is 3.58. The van der Waals surface area contributed by atoms with Gasteiger partial charge in [0.15, 0.2) is 0 Å². The molecule has 2 aromatic heterocycles. The van der Waals surface area contributed by atoms with Crippen LogP contribution in [0, 0.1) is 6.92 Å². The Morgan fingerprint density at radius 2 is 1.95 bits per heavy atom. The standard InChI is InChI=1S/C16H17N3O2/c1-11-16(20)19(15-6-4-3-5-14(15)18-11)10-13-8-7-12(21-13)9-17-2/h3-8,17H,9-10H2,1-2H3. The first-order valence-corrected chi connectivity index (χ1v) is 6.87. The van der Waals surface area contributed by atoms with Crippen LogP contribution >= 0.6 is 0 Å². The summed E-state index contributed by atoms with van der Waals surface area (Å²) in [6.07, 6.45) is 0. The van der Waals surface area contributed by atoms with Crippen LogP contribution in [0.3, 0.4) is 0 Å². The molecule has 1 aromatic carbocycles. The average molecular weight is 283 g/mol. The molecular weight excluding hydrogens is 266 g/mol. The van der Waals surface area contributed by atoms with Gasteiger partial charge in [-0.2, -0.15) is 0 Å². The van der Waals surface area contributed by atoms with Crippen LogP contribution in [-0.4, -0.2) is 16.6 Å². The van der Waals surface area contributed by atoms with Crippen LogP contribution in [0.25, 0.3) is 11.0 Å². The largest absolute Gasteiger partial charge is 0.463 e. The second-order valence-electron chi connectivity index (χ2n) is 4.98. The number of aromatic nitrogens is 2. The number of fused-ring (bicyclic) bond motifs is 1. The molecule has 0 aliphatic carbocycles. The molecule has 0 amide bonds. The van der Waals surface area contributed by atoms with Crippen LogP contribution in [0.5, 0.6) is 0 Å². The molecule has 0 fully saturated rings. The van der Waals surface area contributed by atoms with Gasteiger partial charge in [0.1, 0.15) is 17.2 Å². The molecule has 0 unspecified atom stereocenters. The molecule has 1 N–H and O–H groups in total. The van der Waals surface area contributed by atoms with Gasteiger partial charge >= 0.3 is 0 Å². The molecule has 3 aromatic rings. The predicted octanol–water partition coefficient (Wildman–Crippen LogP) is 2.07. The zero-order chi connectivity index (χ0) is 14.8. The zero-order valence-electron chi connectivity index (χ0n) is 12.1. The van der Waals surface area contributed by atoms with E-state index in [9.17, 15) is 4.79 Å². The van der Waals surface area contributed by atoms with E-state index in [0.717, 1.165) is 22.6 Å². The molecule has 21 heavy (non-hydrogen) atoms. The van der Waals surface area contributed by atoms with E-state index in [1.54, 1.807) is 11.5 Å². The zero-order valence-corrected chi connectivity index (χ0v) is 12.1. The highest BCUT2D eigenvalue weighted by Crippen LogP contribution is 2.14. The van der Waals surface area contributed by atoms with Crippen LogP contribution in [0.1, 0.15) is 17.2 Å². The third-order valence-corrected chi connectivity index (χ3v) is 3.40. The van der Waals surface area contributed by atoms with Crippen molar-refractivity contribution in [3.63, 3.8) is 0 Å². The van der Waals surface area contributed by atoms with Crippen molar-refractivity contribution in [1.29, 1.82) is 0 Å². The first-order valence-electron chi connectivity index (χ1n) is 6.87. The van der Waals surface area contributed by atoms with Gasteiger partial charge in [-0.1, -0.05) is 12.1 Å². The summed E-state index contributed by atoms with van der Waals surface area (Å²) in [4.78, 5) is 16.7. The van der Waals surface area contributed by atoms with Gasteiger partial charge in [0.05, 0.1) is 24.1 Å². The van der Waals surface area contributed by atoms with Crippen molar-refractivity contribution < 1.29 is 4.42 Å². The Bertz CT molecular complexity index is 833. The van der Waals surface area contributed by atoms with Crippen molar-refractivity contribution in [2.75, 3.05) is 7.05 Å². The summed E-state index contributed by atoms with van der Waals surface area (Å²) in [5, 5.41) is 3.04. The fourth-order valence-electron chi connectivity index (χ4n) is 2.41. The minimum atomic E-state index is -0.0831. The van der Waals surface area contributed by atoms with Crippen molar-refractivity contribution in [3.05, 3.63) is 64.0 Å². The number of hydrogen-bond acceptors (Lipinski definition) is 4. The summed E-state index contributed by atoms with van der Waals surface area (Å²) < 4.78 is 7.44. The Labute approximate surface area is 122 Å². The lowest BCUT2D eigenvalue weighted by Crippen LogP contribution is -2.24. The van der Waals surface area contributed by atoms with E-state index in [-0.39, 0.29) is 5.56 Å². The lowest BCUT2D eigenvalue weighted by Gasteiger charge is -2.09. The number of hydrogen-bond donors (Lipinski definition) is 1. The Hall–Kier alpha value is -2.40. The van der Waals surface area contributed by atoms with Crippen LogP contribution < -0.4 is 10.9 Å². The van der Waals surface area contributed by atoms with E-state index in [0.29, 0.717) is 18.8 Å². The average Bonchev–Trinajstić information content (AvgIpc) is 2.92. The van der Waals surface area contributed by atoms with Gasteiger partial charge in [-0.05, 0) is 38.2 Å². The van der Waals surface area contributed by atoms with E-state index in [1.807, 2.05) is 43.4 Å². The third-order valence-electron chi connectivity index (χ3n) is 3.40. The van der Waals surface area contributed by atoms with E-state index in [2.05, 4.69) is 10.3 Å². The smallest absolute Gasteiger partial charge is 0.272 e. The highest BCUT2D eigenvalue weighted by Gasteiger charge is 2.10. The van der Waals surface area contributed by atoms with Gasteiger partial charge in [0.2, 0.25) is 0 Å². The van der Waals surface area contributed by atoms with E-state index in [4.69, 9.17) is 4.42 Å². The first-order chi connectivity index (χ1) is 10.2. The van der Waals surface area contributed by atoms with E-state index >= 15 is 0 Å². The van der Waals surface area contributed by atoms with Gasteiger partial charge < -0.3 is 9.73 Å². The molecule has 5 heteroatoms. The molecule has 0 atom stereocenters. The normalized spacial score (nSPS) is 11.1. The number of aryl methyl sites for hydroxylation is 1. The Morgan fingerprint density at radius 3 is 2.76 bits per heavy atom. The summed E-state index contributed by atoms with van der Waals surface area (Å²) in [5.41, 5.74) is 2.05. The Morgan fingerprint density at radius 1 is 1.19 bits per heavy atom. The highest BCUT2D eigenvalue weighted by atomic mass is 16.3. The number of furan rings is 1. The van der Waals surface area contributed by atoms with Gasteiger partial charge in [0.25, 0.3) is 5.56 Å². The van der Waals surface area contributed by atoms with E-state index < -0.39 is 0 Å². The number of rotatable bonds is 4. The number of nitrogens with one attached hydrogen (secondary N) is 1. The summed E-state index contributed by atoms with van der Waals surface area (Å²) in [5.74, 6) is 1.62. The fraction of sp³-hybridized carbons (Fsp3) is 0.250. The highest BCUT2D eigenvalue weighted by molar-refractivity contribution is 5.74. The second kappa shape index (κ2) is 5.54. The van der Waals surface area contributed by atoms with Crippen molar-refractivity contribution >= 4 is 11.0 Å². The summed E-state index contributed by atoms with van der Waals surface area (Å²) in [6.45, 7) is 2.82. The summed E-state index contributed by atoms with van der Waals surface area (Å²) in [7, 11) is 1.87. The van der Waals surface area contributed by atoms with Crippen molar-refractivity contribution in [2.24, 2.45) is 0 Å². The fourth-order valence-corrected chi connectivity index (χ4v) is 2.41. The molecule has 2 heterocycles. The number of para-hydroxylation sites is 2. The maximum atomic E-state index is 12.4. The SMILES string of the molecule is CNCc1ccc(Cn2c(=O)c(C)nc3ccccc32)o1. The maximum Gasteiger partial charge on any atom is 0.272 e. The van der Waals surface area contributed by atoms with Crippen molar-refractivity contribution in [3.8, 4) is 0 Å². The molecule has 0 aliphatic rings. The summed E-state index contributed by atoms with van der Waals surface area (Å²) >= 11 is 0. The quantitative estimate of drug-likeness (QED) is 0.796. The molecule has 0 saturated heterocycles. The van der Waals surface area contributed by atoms with Crippen LogP contribution in [-0.2, 0) is 13.1 Å². The third kappa shape index (κ3) is 2.60. The van der Waals surface area contributed by atoms with Crippen LogP contribution in [0.15, 0.2) is 45.6 Å². The second-order valence-corrected chi connectivity index (χ2v) is 4.98.